The van der Waals surface area contributed by atoms with Gasteiger partial charge in [-0.25, -0.2) is 9.78 Å². The van der Waals surface area contributed by atoms with Crippen molar-refractivity contribution in [1.29, 1.82) is 0 Å². The Kier molecular flexibility index (Phi) is 5.42. The molecule has 1 aromatic heterocycles. The fraction of sp³-hybridized carbons (Fsp3) is 0.765. The maximum absolute atomic E-state index is 11.9. The Morgan fingerprint density at radius 3 is 2.88 bits per heavy atom. The zero-order valence-corrected chi connectivity index (χ0v) is 15.7. The second-order valence-corrected chi connectivity index (χ2v) is 8.14. The predicted octanol–water partition coefficient (Wildman–Crippen LogP) is 2.24. The van der Waals surface area contributed by atoms with Crippen molar-refractivity contribution in [3.63, 3.8) is 0 Å². The highest BCUT2D eigenvalue weighted by Crippen LogP contribution is 2.35. The van der Waals surface area contributed by atoms with E-state index in [0.717, 1.165) is 57.6 Å². The van der Waals surface area contributed by atoms with Crippen molar-refractivity contribution in [3.8, 4) is 0 Å². The summed E-state index contributed by atoms with van der Waals surface area (Å²) >= 11 is 1.74. The molecule has 1 aromatic rings. The van der Waals surface area contributed by atoms with Gasteiger partial charge in [0.1, 0.15) is 0 Å². The highest BCUT2D eigenvalue weighted by molar-refractivity contribution is 7.09. The minimum atomic E-state index is -0.0538. The van der Waals surface area contributed by atoms with E-state index in [2.05, 4.69) is 22.1 Å². The van der Waals surface area contributed by atoms with Crippen molar-refractivity contribution in [1.82, 2.24) is 20.1 Å². The molecule has 1 spiro atoms. The van der Waals surface area contributed by atoms with Crippen LogP contribution >= 0.6 is 11.3 Å². The predicted molar refractivity (Wildman–Crippen MR) is 95.3 cm³/mol. The number of aryl methyl sites for hydroxylation is 1. The molecule has 2 amide bonds. The molecule has 0 aliphatic carbocycles. The molecule has 24 heavy (non-hydrogen) atoms. The molecule has 0 saturated carbocycles. The van der Waals surface area contributed by atoms with Crippen LogP contribution in [-0.4, -0.2) is 66.2 Å². The molecule has 1 N–H and O–H groups in total. The van der Waals surface area contributed by atoms with Crippen LogP contribution in [0.1, 0.15) is 36.3 Å². The van der Waals surface area contributed by atoms with E-state index >= 15 is 0 Å². The molecule has 0 radical (unpaired) electrons. The highest BCUT2D eigenvalue weighted by Gasteiger charge is 2.40. The first-order valence-electron chi connectivity index (χ1n) is 8.70. The van der Waals surface area contributed by atoms with Crippen molar-refractivity contribution < 1.29 is 9.53 Å². The lowest BCUT2D eigenvalue weighted by atomic mass is 9.82. The molecule has 3 rings (SSSR count). The monoisotopic (exact) mass is 352 g/mol. The number of nitrogens with one attached hydrogen (secondary N) is 1. The Morgan fingerprint density at radius 1 is 1.50 bits per heavy atom. The summed E-state index contributed by atoms with van der Waals surface area (Å²) in [7, 11) is 3.56. The quantitative estimate of drug-likeness (QED) is 0.906. The summed E-state index contributed by atoms with van der Waals surface area (Å²) in [4.78, 5) is 21.7. The van der Waals surface area contributed by atoms with Gasteiger partial charge in [-0.2, -0.15) is 0 Å². The third-order valence-electron chi connectivity index (χ3n) is 5.21. The smallest absolute Gasteiger partial charge is 0.317 e. The lowest BCUT2D eigenvalue weighted by Gasteiger charge is -2.46. The number of carbonyl (C=O) groups is 1. The zero-order chi connectivity index (χ0) is 17.2. The molecule has 134 valence electrons. The minimum Gasteiger partial charge on any atom is -0.375 e. The number of ether oxygens (including phenoxy) is 1. The summed E-state index contributed by atoms with van der Waals surface area (Å²) in [6.07, 6.45) is 3.92. The first-order chi connectivity index (χ1) is 11.5. The number of nitrogens with zero attached hydrogens (tertiary/aromatic N) is 3. The Balaban J connectivity index is 1.52. The van der Waals surface area contributed by atoms with Gasteiger partial charge in [-0.3, -0.25) is 4.90 Å². The summed E-state index contributed by atoms with van der Waals surface area (Å²) < 4.78 is 6.18. The van der Waals surface area contributed by atoms with Gasteiger partial charge in [-0.1, -0.05) is 0 Å². The van der Waals surface area contributed by atoms with Crippen LogP contribution < -0.4 is 5.32 Å². The fourth-order valence-corrected chi connectivity index (χ4v) is 4.42. The summed E-state index contributed by atoms with van der Waals surface area (Å²) in [6, 6.07) is 0.221. The van der Waals surface area contributed by atoms with Crippen molar-refractivity contribution in [2.24, 2.45) is 0 Å². The summed E-state index contributed by atoms with van der Waals surface area (Å²) in [6.45, 7) is 5.91. The van der Waals surface area contributed by atoms with E-state index in [0.29, 0.717) is 0 Å². The average molecular weight is 353 g/mol. The number of piperidine rings is 1. The number of hydrogen-bond acceptors (Lipinski definition) is 5. The van der Waals surface area contributed by atoms with E-state index in [9.17, 15) is 4.79 Å². The molecule has 0 bridgehead atoms. The van der Waals surface area contributed by atoms with Crippen LogP contribution in [0.15, 0.2) is 5.51 Å². The number of thiazole rings is 1. The van der Waals surface area contributed by atoms with Gasteiger partial charge in [-0.05, 0) is 32.6 Å². The van der Waals surface area contributed by atoms with E-state index in [4.69, 9.17) is 4.74 Å². The summed E-state index contributed by atoms with van der Waals surface area (Å²) in [5.41, 5.74) is 3.03. The van der Waals surface area contributed by atoms with E-state index < -0.39 is 0 Å². The Bertz CT molecular complexity index is 567. The van der Waals surface area contributed by atoms with Gasteiger partial charge >= 0.3 is 6.03 Å². The average Bonchev–Trinajstić information content (AvgIpc) is 2.95. The molecule has 6 nitrogen and oxygen atoms in total. The van der Waals surface area contributed by atoms with Gasteiger partial charge in [0.2, 0.25) is 0 Å². The van der Waals surface area contributed by atoms with Crippen molar-refractivity contribution in [2.75, 3.05) is 33.8 Å². The largest absolute Gasteiger partial charge is 0.375 e. The molecule has 1 unspecified atom stereocenters. The van der Waals surface area contributed by atoms with Gasteiger partial charge in [0.25, 0.3) is 0 Å². The van der Waals surface area contributed by atoms with Crippen LogP contribution in [0.3, 0.4) is 0 Å². The molecule has 0 aromatic carbocycles. The van der Waals surface area contributed by atoms with Gasteiger partial charge in [0.15, 0.2) is 0 Å². The first-order valence-corrected chi connectivity index (χ1v) is 9.58. The summed E-state index contributed by atoms with van der Waals surface area (Å²) in [5, 5.41) is 3.13. The van der Waals surface area contributed by atoms with Crippen LogP contribution in [0.4, 0.5) is 4.79 Å². The molecular weight excluding hydrogens is 324 g/mol. The maximum atomic E-state index is 11.9. The fourth-order valence-electron chi connectivity index (χ4n) is 3.60. The normalized spacial score (nSPS) is 24.0. The maximum Gasteiger partial charge on any atom is 0.317 e. The van der Waals surface area contributed by atoms with Crippen molar-refractivity contribution >= 4 is 17.4 Å². The first kappa shape index (κ1) is 17.6. The summed E-state index contributed by atoms with van der Waals surface area (Å²) in [5.74, 6) is 0. The van der Waals surface area contributed by atoms with E-state index in [1.54, 1.807) is 30.3 Å². The van der Waals surface area contributed by atoms with Crippen molar-refractivity contribution in [3.05, 3.63) is 16.1 Å². The van der Waals surface area contributed by atoms with Crippen LogP contribution in [0.25, 0.3) is 0 Å². The molecular formula is C17H28N4O2S. The van der Waals surface area contributed by atoms with E-state index in [-0.39, 0.29) is 17.7 Å². The van der Waals surface area contributed by atoms with Crippen LogP contribution in [0.2, 0.25) is 0 Å². The minimum absolute atomic E-state index is 0.00448. The van der Waals surface area contributed by atoms with Crippen molar-refractivity contribution in [2.45, 2.75) is 50.8 Å². The third kappa shape index (κ3) is 4.07. The molecule has 7 heteroatoms. The second-order valence-electron chi connectivity index (χ2n) is 7.20. The molecule has 2 aliphatic rings. The Labute approximate surface area is 148 Å². The number of aromatic nitrogens is 1. The standard InChI is InChI=1S/C17H28N4O2S/c1-13-15(24-12-18-13)11-21-7-5-17(6-8-21)10-14(4-9-23-17)19-16(22)20(2)3/h12,14H,4-11H2,1-3H3,(H,19,22). The van der Waals surface area contributed by atoms with Gasteiger partial charge < -0.3 is 15.0 Å². The lowest BCUT2D eigenvalue weighted by Crippen LogP contribution is -2.54. The van der Waals surface area contributed by atoms with Crippen LogP contribution in [0, 0.1) is 6.92 Å². The molecule has 2 saturated heterocycles. The Hall–Kier alpha value is -1.18. The topological polar surface area (TPSA) is 57.7 Å². The van der Waals surface area contributed by atoms with Gasteiger partial charge in [0, 0.05) is 51.3 Å². The zero-order valence-electron chi connectivity index (χ0n) is 14.9. The lowest BCUT2D eigenvalue weighted by molar-refractivity contribution is -0.119. The SMILES string of the molecule is Cc1ncsc1CN1CCC2(CC1)CC(NC(=O)N(C)C)CCO2. The molecule has 2 fully saturated rings. The van der Waals surface area contributed by atoms with E-state index in [1.165, 1.54) is 4.88 Å². The Morgan fingerprint density at radius 2 is 2.25 bits per heavy atom. The number of rotatable bonds is 3. The number of carbonyl (C=O) groups excluding carboxylic acids is 1. The molecule has 2 aliphatic heterocycles. The molecule has 3 heterocycles. The van der Waals surface area contributed by atoms with Crippen LogP contribution in [-0.2, 0) is 11.3 Å². The number of likely N-dealkylation sites (tertiary alicyclic amines) is 1. The number of urea groups is 1. The molecule has 1 atom stereocenters. The second kappa shape index (κ2) is 7.37. The third-order valence-corrected chi connectivity index (χ3v) is 6.13. The van der Waals surface area contributed by atoms with E-state index in [1.807, 2.05) is 5.51 Å². The highest BCUT2D eigenvalue weighted by atomic mass is 32.1. The van der Waals surface area contributed by atoms with Gasteiger partial charge in [0.05, 0.1) is 16.8 Å². The number of amides is 2. The van der Waals surface area contributed by atoms with Gasteiger partial charge in [-0.15, -0.1) is 11.3 Å². The number of hydrogen-bond donors (Lipinski definition) is 1. The van der Waals surface area contributed by atoms with Crippen LogP contribution in [0.5, 0.6) is 0 Å².